The Bertz CT molecular complexity index is 1360. The number of aromatic nitrogens is 2. The van der Waals surface area contributed by atoms with Gasteiger partial charge in [-0.05, 0) is 48.9 Å². The second-order valence-electron chi connectivity index (χ2n) is 7.65. The number of carbonyl (C=O) groups excluding carboxylic acids is 1. The van der Waals surface area contributed by atoms with E-state index in [1.54, 1.807) is 48.7 Å². The van der Waals surface area contributed by atoms with Crippen LogP contribution in [-0.4, -0.2) is 21.1 Å². The van der Waals surface area contributed by atoms with Crippen molar-refractivity contribution in [3.63, 3.8) is 0 Å². The zero-order chi connectivity index (χ0) is 22.7. The molecule has 0 radical (unpaired) electrons. The largest absolute Gasteiger partial charge is 0.469 e. The third kappa shape index (κ3) is 4.68. The molecule has 1 N–H and O–H groups in total. The predicted molar refractivity (Wildman–Crippen MR) is 123 cm³/mol. The smallest absolute Gasteiger partial charge is 0.317 e. The molecule has 0 saturated carbocycles. The summed E-state index contributed by atoms with van der Waals surface area (Å²) in [5.41, 5.74) is 0.494. The lowest BCUT2D eigenvalue weighted by Crippen LogP contribution is -2.45. The maximum Gasteiger partial charge on any atom is 0.317 e. The molecule has 32 heavy (non-hydrogen) atoms. The molecule has 1 atom stereocenters. The van der Waals surface area contributed by atoms with Gasteiger partial charge in [-0.15, -0.1) is 0 Å². The van der Waals surface area contributed by atoms with E-state index in [1.165, 1.54) is 9.13 Å². The molecule has 7 nitrogen and oxygen atoms in total. The van der Waals surface area contributed by atoms with E-state index in [1.807, 2.05) is 25.1 Å². The van der Waals surface area contributed by atoms with Crippen LogP contribution in [0.25, 0.3) is 11.0 Å². The fraction of sp³-hybridized carbons (Fsp3) is 0.208. The molecule has 2 aromatic carbocycles. The molecule has 4 rings (SSSR count). The van der Waals surface area contributed by atoms with Crippen LogP contribution in [0.3, 0.4) is 0 Å². The molecule has 0 unspecified atom stereocenters. The third-order valence-electron chi connectivity index (χ3n) is 5.19. The van der Waals surface area contributed by atoms with Crippen molar-refractivity contribution in [2.24, 2.45) is 0 Å². The lowest BCUT2D eigenvalue weighted by atomic mass is 10.2. The first-order valence-corrected chi connectivity index (χ1v) is 10.6. The molecular formula is C24H22ClN3O4. The van der Waals surface area contributed by atoms with Crippen LogP contribution in [0.1, 0.15) is 18.2 Å². The van der Waals surface area contributed by atoms with Gasteiger partial charge in [-0.1, -0.05) is 35.9 Å². The molecule has 2 aromatic heterocycles. The number of halogens is 1. The fourth-order valence-electron chi connectivity index (χ4n) is 3.70. The van der Waals surface area contributed by atoms with Gasteiger partial charge in [0.15, 0.2) is 0 Å². The maximum absolute atomic E-state index is 12.9. The van der Waals surface area contributed by atoms with Gasteiger partial charge in [0.1, 0.15) is 12.3 Å². The summed E-state index contributed by atoms with van der Waals surface area (Å²) in [5.74, 6) is 0.399. The van der Waals surface area contributed by atoms with Crippen molar-refractivity contribution >= 4 is 28.5 Å². The maximum atomic E-state index is 12.9. The number of hydrogen-bond acceptors (Lipinski definition) is 4. The van der Waals surface area contributed by atoms with E-state index in [4.69, 9.17) is 16.0 Å². The Morgan fingerprint density at radius 3 is 2.28 bits per heavy atom. The molecule has 0 saturated heterocycles. The molecule has 0 aliphatic heterocycles. The number of rotatable bonds is 7. The topological polar surface area (TPSA) is 86.2 Å². The molecule has 0 bridgehead atoms. The molecule has 2 heterocycles. The van der Waals surface area contributed by atoms with Crippen LogP contribution in [-0.2, 0) is 24.3 Å². The summed E-state index contributed by atoms with van der Waals surface area (Å²) in [7, 11) is 0. The normalized spacial score (nSPS) is 12.1. The fourth-order valence-corrected chi connectivity index (χ4v) is 3.83. The number of benzene rings is 2. The number of amides is 1. The van der Waals surface area contributed by atoms with Gasteiger partial charge >= 0.3 is 11.1 Å². The van der Waals surface area contributed by atoms with Gasteiger partial charge in [0.05, 0.1) is 23.8 Å². The first-order valence-electron chi connectivity index (χ1n) is 10.2. The SMILES string of the molecule is C[C@@H](Cc1ccco1)NC(=O)Cn1c(=O)c(=O)n(Cc2ccc(Cl)cc2)c2ccccc21. The second kappa shape index (κ2) is 9.28. The highest BCUT2D eigenvalue weighted by Crippen LogP contribution is 2.14. The quantitative estimate of drug-likeness (QED) is 0.437. The first-order chi connectivity index (χ1) is 15.4. The summed E-state index contributed by atoms with van der Waals surface area (Å²) in [6.45, 7) is 1.82. The van der Waals surface area contributed by atoms with E-state index in [0.717, 1.165) is 11.3 Å². The first kappa shape index (κ1) is 21.6. The highest BCUT2D eigenvalue weighted by atomic mass is 35.5. The summed E-state index contributed by atoms with van der Waals surface area (Å²) < 4.78 is 7.96. The van der Waals surface area contributed by atoms with Crippen molar-refractivity contribution in [3.8, 4) is 0 Å². The lowest BCUT2D eigenvalue weighted by molar-refractivity contribution is -0.122. The van der Waals surface area contributed by atoms with E-state index < -0.39 is 11.1 Å². The Morgan fingerprint density at radius 1 is 0.969 bits per heavy atom. The molecule has 0 aliphatic rings. The molecule has 0 aliphatic carbocycles. The minimum atomic E-state index is -0.744. The van der Waals surface area contributed by atoms with Crippen LogP contribution in [0, 0.1) is 0 Å². The van der Waals surface area contributed by atoms with E-state index in [-0.39, 0.29) is 25.0 Å². The van der Waals surface area contributed by atoms with Gasteiger partial charge < -0.3 is 9.73 Å². The van der Waals surface area contributed by atoms with Crippen molar-refractivity contribution in [3.05, 3.63) is 104 Å². The van der Waals surface area contributed by atoms with Gasteiger partial charge in [-0.2, -0.15) is 0 Å². The summed E-state index contributed by atoms with van der Waals surface area (Å²) in [4.78, 5) is 38.5. The van der Waals surface area contributed by atoms with Crippen molar-refractivity contribution in [2.45, 2.75) is 32.5 Å². The van der Waals surface area contributed by atoms with E-state index in [0.29, 0.717) is 22.5 Å². The van der Waals surface area contributed by atoms with Gasteiger partial charge in [0.2, 0.25) is 5.91 Å². The Balaban J connectivity index is 1.63. The van der Waals surface area contributed by atoms with Crippen LogP contribution >= 0.6 is 11.6 Å². The van der Waals surface area contributed by atoms with Crippen LogP contribution in [0.2, 0.25) is 5.02 Å². The number of nitrogens with one attached hydrogen (secondary N) is 1. The van der Waals surface area contributed by atoms with Crippen molar-refractivity contribution in [1.29, 1.82) is 0 Å². The number of fused-ring (bicyclic) bond motifs is 1. The molecule has 0 spiro atoms. The predicted octanol–water partition coefficient (Wildman–Crippen LogP) is 3.21. The Labute approximate surface area is 188 Å². The highest BCUT2D eigenvalue weighted by molar-refractivity contribution is 6.30. The van der Waals surface area contributed by atoms with Crippen LogP contribution in [0.15, 0.2) is 80.9 Å². The Kier molecular flexibility index (Phi) is 6.28. The minimum absolute atomic E-state index is 0.194. The molecule has 8 heteroatoms. The molecular weight excluding hydrogens is 430 g/mol. The zero-order valence-corrected chi connectivity index (χ0v) is 18.2. The van der Waals surface area contributed by atoms with Gasteiger partial charge in [0.25, 0.3) is 0 Å². The average Bonchev–Trinajstić information content (AvgIpc) is 3.28. The molecule has 0 fully saturated rings. The number of hydrogen-bond donors (Lipinski definition) is 1. The van der Waals surface area contributed by atoms with Crippen LogP contribution in [0.5, 0.6) is 0 Å². The van der Waals surface area contributed by atoms with Crippen LogP contribution in [0.4, 0.5) is 0 Å². The summed E-state index contributed by atoms with van der Waals surface area (Å²) in [6.07, 6.45) is 2.10. The third-order valence-corrected chi connectivity index (χ3v) is 5.44. The van der Waals surface area contributed by atoms with Crippen molar-refractivity contribution in [2.75, 3.05) is 0 Å². The standard InChI is InChI=1S/C24H22ClN3O4/c1-16(13-19-5-4-12-32-19)26-22(29)15-28-21-7-3-2-6-20(21)27(23(30)24(28)31)14-17-8-10-18(25)11-9-17/h2-12,16H,13-15H2,1H3,(H,26,29)/t16-/m0/s1. The van der Waals surface area contributed by atoms with Gasteiger partial charge in [0, 0.05) is 17.5 Å². The van der Waals surface area contributed by atoms with Crippen molar-refractivity contribution < 1.29 is 9.21 Å². The molecule has 1 amide bonds. The van der Waals surface area contributed by atoms with Crippen molar-refractivity contribution in [1.82, 2.24) is 14.5 Å². The van der Waals surface area contributed by atoms with E-state index >= 15 is 0 Å². The average molecular weight is 452 g/mol. The molecule has 164 valence electrons. The number of furan rings is 1. The van der Waals surface area contributed by atoms with Gasteiger partial charge in [-0.3, -0.25) is 23.5 Å². The van der Waals surface area contributed by atoms with Crippen LogP contribution < -0.4 is 16.4 Å². The number of nitrogens with zero attached hydrogens (tertiary/aromatic N) is 2. The monoisotopic (exact) mass is 451 g/mol. The second-order valence-corrected chi connectivity index (χ2v) is 8.09. The zero-order valence-electron chi connectivity index (χ0n) is 17.5. The summed E-state index contributed by atoms with van der Waals surface area (Å²) in [6, 6.07) is 17.6. The summed E-state index contributed by atoms with van der Waals surface area (Å²) >= 11 is 5.95. The minimum Gasteiger partial charge on any atom is -0.469 e. The van der Waals surface area contributed by atoms with E-state index in [2.05, 4.69) is 5.32 Å². The van der Waals surface area contributed by atoms with Gasteiger partial charge in [-0.25, -0.2) is 0 Å². The number of carbonyl (C=O) groups is 1. The number of para-hydroxylation sites is 2. The lowest BCUT2D eigenvalue weighted by Gasteiger charge is -2.17. The molecule has 4 aromatic rings. The summed E-state index contributed by atoms with van der Waals surface area (Å²) in [5, 5.41) is 3.45. The van der Waals surface area contributed by atoms with E-state index in [9.17, 15) is 14.4 Å². The Morgan fingerprint density at radius 2 is 1.62 bits per heavy atom. The Hall–Kier alpha value is -3.58. The highest BCUT2D eigenvalue weighted by Gasteiger charge is 2.17.